The third kappa shape index (κ3) is 5.30. The molecule has 1 aliphatic rings. The molecule has 132 valence electrons. The lowest BCUT2D eigenvalue weighted by Crippen LogP contribution is -2.32. The van der Waals surface area contributed by atoms with Crippen LogP contribution in [-0.4, -0.2) is 53.9 Å². The van der Waals surface area contributed by atoms with Gasteiger partial charge in [0.25, 0.3) is 5.91 Å². The van der Waals surface area contributed by atoms with Crippen molar-refractivity contribution in [3.63, 3.8) is 0 Å². The van der Waals surface area contributed by atoms with Gasteiger partial charge in [-0.25, -0.2) is 0 Å². The summed E-state index contributed by atoms with van der Waals surface area (Å²) in [7, 11) is 0. The van der Waals surface area contributed by atoms with Crippen LogP contribution in [0.15, 0.2) is 36.7 Å². The van der Waals surface area contributed by atoms with Gasteiger partial charge in [-0.1, -0.05) is 0 Å². The third-order valence-electron chi connectivity index (χ3n) is 3.73. The van der Waals surface area contributed by atoms with Gasteiger partial charge >= 0.3 is 0 Å². The van der Waals surface area contributed by atoms with Gasteiger partial charge in [0.1, 0.15) is 12.4 Å². The zero-order valence-electron chi connectivity index (χ0n) is 13.9. The molecule has 0 aromatic carbocycles. The summed E-state index contributed by atoms with van der Waals surface area (Å²) < 4.78 is 10.8. The summed E-state index contributed by atoms with van der Waals surface area (Å²) in [6.45, 7) is 2.67. The van der Waals surface area contributed by atoms with Crippen molar-refractivity contribution in [3.8, 4) is 11.6 Å². The zero-order valence-corrected chi connectivity index (χ0v) is 13.9. The Morgan fingerprint density at radius 1 is 1.16 bits per heavy atom. The second-order valence-electron chi connectivity index (χ2n) is 5.60. The van der Waals surface area contributed by atoms with E-state index in [4.69, 9.17) is 9.47 Å². The first-order chi connectivity index (χ1) is 12.3. The van der Waals surface area contributed by atoms with Crippen LogP contribution in [0.25, 0.3) is 0 Å². The van der Waals surface area contributed by atoms with Crippen LogP contribution in [0.3, 0.4) is 0 Å². The third-order valence-corrected chi connectivity index (χ3v) is 3.73. The van der Waals surface area contributed by atoms with E-state index in [2.05, 4.69) is 25.4 Å². The smallest absolute Gasteiger partial charge is 0.258 e. The number of aromatic nitrogens is 3. The maximum absolute atomic E-state index is 11.7. The quantitative estimate of drug-likeness (QED) is 0.717. The molecule has 25 heavy (non-hydrogen) atoms. The van der Waals surface area contributed by atoms with Crippen molar-refractivity contribution < 1.29 is 14.3 Å². The molecular formula is C17H21N5O3. The Balaban J connectivity index is 1.33. The molecule has 1 N–H and O–H groups in total. The summed E-state index contributed by atoms with van der Waals surface area (Å²) in [5.41, 5.74) is 0. The molecular weight excluding hydrogens is 322 g/mol. The van der Waals surface area contributed by atoms with Crippen LogP contribution in [0.2, 0.25) is 0 Å². The van der Waals surface area contributed by atoms with Crippen molar-refractivity contribution in [1.82, 2.24) is 20.5 Å². The molecule has 0 unspecified atom stereocenters. The van der Waals surface area contributed by atoms with Crippen LogP contribution in [0, 0.1) is 0 Å². The summed E-state index contributed by atoms with van der Waals surface area (Å²) in [5.74, 6) is 1.62. The molecule has 1 saturated heterocycles. The lowest BCUT2D eigenvalue weighted by Gasteiger charge is -2.15. The van der Waals surface area contributed by atoms with Crippen LogP contribution in [0.4, 0.5) is 5.82 Å². The summed E-state index contributed by atoms with van der Waals surface area (Å²) in [4.78, 5) is 17.9. The monoisotopic (exact) mass is 343 g/mol. The number of nitrogens with one attached hydrogen (secondary N) is 1. The minimum atomic E-state index is -0.236. The molecule has 2 aromatic heterocycles. The van der Waals surface area contributed by atoms with E-state index >= 15 is 0 Å². The number of hydrogen-bond donors (Lipinski definition) is 1. The number of anilines is 1. The fourth-order valence-corrected chi connectivity index (χ4v) is 2.49. The first-order valence-corrected chi connectivity index (χ1v) is 8.32. The lowest BCUT2D eigenvalue weighted by atomic mass is 10.4. The molecule has 3 rings (SSSR count). The average molecular weight is 343 g/mol. The normalized spacial score (nSPS) is 13.5. The van der Waals surface area contributed by atoms with Gasteiger partial charge in [0.2, 0.25) is 5.88 Å². The van der Waals surface area contributed by atoms with Gasteiger partial charge in [-0.2, -0.15) is 0 Å². The molecule has 1 fully saturated rings. The van der Waals surface area contributed by atoms with Crippen molar-refractivity contribution in [2.45, 2.75) is 12.8 Å². The molecule has 8 heteroatoms. The number of nitrogens with zero attached hydrogens (tertiary/aromatic N) is 4. The first-order valence-electron chi connectivity index (χ1n) is 8.32. The summed E-state index contributed by atoms with van der Waals surface area (Å²) in [6.07, 6.45) is 5.66. The number of carbonyl (C=O) groups excluding carboxylic acids is 1. The molecule has 0 radical (unpaired) electrons. The van der Waals surface area contributed by atoms with E-state index in [1.54, 1.807) is 24.5 Å². The van der Waals surface area contributed by atoms with Crippen LogP contribution < -0.4 is 19.7 Å². The van der Waals surface area contributed by atoms with Gasteiger partial charge in [-0.05, 0) is 31.0 Å². The van der Waals surface area contributed by atoms with E-state index in [0.29, 0.717) is 24.8 Å². The Bertz CT molecular complexity index is 660. The minimum absolute atomic E-state index is 0.107. The maximum Gasteiger partial charge on any atom is 0.258 e. The molecule has 8 nitrogen and oxygen atoms in total. The number of hydrogen-bond acceptors (Lipinski definition) is 7. The molecule has 3 heterocycles. The van der Waals surface area contributed by atoms with E-state index in [9.17, 15) is 4.79 Å². The molecule has 0 bridgehead atoms. The second-order valence-corrected chi connectivity index (χ2v) is 5.60. The predicted molar refractivity (Wildman–Crippen MR) is 91.7 cm³/mol. The highest BCUT2D eigenvalue weighted by molar-refractivity contribution is 5.77. The van der Waals surface area contributed by atoms with Gasteiger partial charge in [0.15, 0.2) is 12.4 Å². The van der Waals surface area contributed by atoms with Gasteiger partial charge in [-0.15, -0.1) is 10.2 Å². The van der Waals surface area contributed by atoms with E-state index in [1.165, 1.54) is 12.8 Å². The molecule has 1 aliphatic heterocycles. The Hall–Kier alpha value is -2.90. The Morgan fingerprint density at radius 2 is 2.04 bits per heavy atom. The molecule has 0 atom stereocenters. The molecule has 0 spiro atoms. The van der Waals surface area contributed by atoms with E-state index in [0.717, 1.165) is 18.9 Å². The number of pyridine rings is 1. The lowest BCUT2D eigenvalue weighted by molar-refractivity contribution is -0.123. The van der Waals surface area contributed by atoms with Crippen molar-refractivity contribution >= 4 is 11.7 Å². The standard InChI is InChI=1S/C17H21N5O3/c23-16(19-8-11-24-14-4-3-7-18-12-14)13-25-17-6-5-15(20-21-17)22-9-1-2-10-22/h3-7,12H,1-2,8-11,13H2,(H,19,23). The Kier molecular flexibility index (Phi) is 5.97. The summed E-state index contributed by atoms with van der Waals surface area (Å²) in [6, 6.07) is 7.20. The zero-order chi connectivity index (χ0) is 17.3. The van der Waals surface area contributed by atoms with Gasteiger partial charge in [-0.3, -0.25) is 9.78 Å². The largest absolute Gasteiger partial charge is 0.490 e. The number of ether oxygens (including phenoxy) is 2. The van der Waals surface area contributed by atoms with Crippen molar-refractivity contribution in [3.05, 3.63) is 36.7 Å². The van der Waals surface area contributed by atoms with Crippen molar-refractivity contribution in [2.75, 3.05) is 37.7 Å². The van der Waals surface area contributed by atoms with E-state index in [1.807, 2.05) is 12.1 Å². The average Bonchev–Trinajstić information content (AvgIpc) is 3.20. The van der Waals surface area contributed by atoms with Crippen molar-refractivity contribution in [1.29, 1.82) is 0 Å². The van der Waals surface area contributed by atoms with Gasteiger partial charge in [0.05, 0.1) is 12.7 Å². The topological polar surface area (TPSA) is 89.5 Å². The highest BCUT2D eigenvalue weighted by Gasteiger charge is 2.14. The summed E-state index contributed by atoms with van der Waals surface area (Å²) >= 11 is 0. The van der Waals surface area contributed by atoms with Crippen LogP contribution >= 0.6 is 0 Å². The Morgan fingerprint density at radius 3 is 2.76 bits per heavy atom. The van der Waals surface area contributed by atoms with E-state index < -0.39 is 0 Å². The number of amides is 1. The molecule has 1 amide bonds. The highest BCUT2D eigenvalue weighted by atomic mass is 16.5. The predicted octanol–water partition coefficient (Wildman–Crippen LogP) is 1.05. The fourth-order valence-electron chi connectivity index (χ4n) is 2.49. The number of rotatable bonds is 8. The maximum atomic E-state index is 11.7. The molecule has 2 aromatic rings. The highest BCUT2D eigenvalue weighted by Crippen LogP contribution is 2.18. The van der Waals surface area contributed by atoms with E-state index in [-0.39, 0.29) is 12.5 Å². The van der Waals surface area contributed by atoms with Crippen LogP contribution in [0.1, 0.15) is 12.8 Å². The Labute approximate surface area is 146 Å². The fraction of sp³-hybridized carbons (Fsp3) is 0.412. The van der Waals surface area contributed by atoms with Crippen molar-refractivity contribution in [2.24, 2.45) is 0 Å². The summed E-state index contributed by atoms with van der Waals surface area (Å²) in [5, 5.41) is 10.9. The minimum Gasteiger partial charge on any atom is -0.490 e. The van der Waals surface area contributed by atoms with Crippen LogP contribution in [-0.2, 0) is 4.79 Å². The van der Waals surface area contributed by atoms with Gasteiger partial charge < -0.3 is 19.7 Å². The van der Waals surface area contributed by atoms with Crippen LogP contribution in [0.5, 0.6) is 11.6 Å². The first kappa shape index (κ1) is 16.9. The SMILES string of the molecule is O=C(COc1ccc(N2CCCC2)nn1)NCCOc1cccnc1. The second kappa shape index (κ2) is 8.81. The molecule has 0 aliphatic carbocycles. The van der Waals surface area contributed by atoms with Gasteiger partial charge in [0, 0.05) is 25.4 Å². The number of carbonyl (C=O) groups is 1. The molecule has 0 saturated carbocycles.